The van der Waals surface area contributed by atoms with Crippen molar-refractivity contribution in [2.24, 2.45) is 5.73 Å². The number of hydrogen-bond donors (Lipinski definition) is 1. The SMILES string of the molecule is COc1cc(C2C(C#N)=C(N)OC3=C2C(=O)CCC3)ccc1OCc1ccc([N+](=O)[O-])cc1. The van der Waals surface area contributed by atoms with Gasteiger partial charge in [0.05, 0.1) is 18.0 Å². The Morgan fingerprint density at radius 3 is 2.64 bits per heavy atom. The lowest BCUT2D eigenvalue weighted by molar-refractivity contribution is -0.384. The normalized spacial score (nSPS) is 17.7. The summed E-state index contributed by atoms with van der Waals surface area (Å²) in [6, 6.07) is 13.3. The first-order valence-corrected chi connectivity index (χ1v) is 10.3. The summed E-state index contributed by atoms with van der Waals surface area (Å²) in [5, 5.41) is 20.5. The Kier molecular flexibility index (Phi) is 6.00. The molecule has 168 valence electrons. The Bertz CT molecular complexity index is 1220. The molecule has 0 spiro atoms. The lowest BCUT2D eigenvalue weighted by Crippen LogP contribution is -2.27. The highest BCUT2D eigenvalue weighted by Crippen LogP contribution is 2.45. The van der Waals surface area contributed by atoms with Crippen molar-refractivity contribution in [3.05, 3.63) is 86.5 Å². The van der Waals surface area contributed by atoms with E-state index in [0.29, 0.717) is 47.7 Å². The van der Waals surface area contributed by atoms with E-state index in [9.17, 15) is 20.2 Å². The van der Waals surface area contributed by atoms with Crippen molar-refractivity contribution in [3.8, 4) is 17.6 Å². The highest BCUT2D eigenvalue weighted by molar-refractivity contribution is 5.99. The molecule has 1 aliphatic heterocycles. The van der Waals surface area contributed by atoms with Gasteiger partial charge in [0, 0.05) is 30.5 Å². The number of non-ortho nitro benzene ring substituents is 1. The molecule has 9 nitrogen and oxygen atoms in total. The van der Waals surface area contributed by atoms with Crippen LogP contribution in [-0.4, -0.2) is 17.8 Å². The molecule has 1 unspecified atom stereocenters. The lowest BCUT2D eigenvalue weighted by atomic mass is 9.77. The van der Waals surface area contributed by atoms with Crippen LogP contribution in [0.1, 0.15) is 36.3 Å². The summed E-state index contributed by atoms with van der Waals surface area (Å²) >= 11 is 0. The van der Waals surface area contributed by atoms with E-state index in [-0.39, 0.29) is 29.5 Å². The standard InChI is InChI=1S/C24H21N3O6/c1-31-21-11-15(7-10-19(21)32-13-14-5-8-16(9-6-14)27(29)30)22-17(12-25)24(26)33-20-4-2-3-18(28)23(20)22/h5-11,22H,2-4,13,26H2,1H3. The van der Waals surface area contributed by atoms with Crippen molar-refractivity contribution in [1.29, 1.82) is 5.26 Å². The third-order valence-electron chi connectivity index (χ3n) is 5.67. The van der Waals surface area contributed by atoms with E-state index in [4.69, 9.17) is 19.9 Å². The molecule has 2 aromatic carbocycles. The minimum atomic E-state index is -0.635. The molecule has 0 fully saturated rings. The number of nitro benzene ring substituents is 1. The van der Waals surface area contributed by atoms with Gasteiger partial charge < -0.3 is 19.9 Å². The van der Waals surface area contributed by atoms with Crippen LogP contribution in [0.15, 0.2) is 65.3 Å². The molecule has 2 aliphatic rings. The average Bonchev–Trinajstić information content (AvgIpc) is 2.82. The van der Waals surface area contributed by atoms with Crippen LogP contribution < -0.4 is 15.2 Å². The molecule has 1 heterocycles. The Hall–Kier alpha value is -4.32. The number of benzene rings is 2. The number of carbonyl (C=O) groups is 1. The molecular formula is C24H21N3O6. The van der Waals surface area contributed by atoms with E-state index in [0.717, 1.165) is 5.56 Å². The fraction of sp³-hybridized carbons (Fsp3) is 0.250. The summed E-state index contributed by atoms with van der Waals surface area (Å²) in [4.78, 5) is 23.1. The van der Waals surface area contributed by atoms with Crippen LogP contribution in [0.5, 0.6) is 11.5 Å². The topological polar surface area (TPSA) is 138 Å². The van der Waals surface area contributed by atoms with Crippen molar-refractivity contribution >= 4 is 11.5 Å². The highest BCUT2D eigenvalue weighted by atomic mass is 16.6. The maximum Gasteiger partial charge on any atom is 0.269 e. The van der Waals surface area contributed by atoms with E-state index in [1.807, 2.05) is 0 Å². The number of Topliss-reactive ketones (excluding diaryl/α,β-unsaturated/α-hetero) is 1. The van der Waals surface area contributed by atoms with Crippen LogP contribution in [0.25, 0.3) is 0 Å². The van der Waals surface area contributed by atoms with Gasteiger partial charge in [0.1, 0.15) is 24.0 Å². The minimum absolute atomic E-state index is 0.00343. The largest absolute Gasteiger partial charge is 0.493 e. The van der Waals surface area contributed by atoms with Gasteiger partial charge in [-0.15, -0.1) is 0 Å². The number of methoxy groups -OCH3 is 1. The van der Waals surface area contributed by atoms with Gasteiger partial charge >= 0.3 is 0 Å². The zero-order chi connectivity index (χ0) is 23.5. The van der Waals surface area contributed by atoms with Crippen LogP contribution in [0.4, 0.5) is 5.69 Å². The van der Waals surface area contributed by atoms with E-state index >= 15 is 0 Å². The summed E-state index contributed by atoms with van der Waals surface area (Å²) in [6.45, 7) is 0.176. The molecule has 0 amide bonds. The number of nitrogens with zero attached hydrogens (tertiary/aromatic N) is 2. The van der Waals surface area contributed by atoms with Gasteiger partial charge in [0.25, 0.3) is 5.69 Å². The number of rotatable bonds is 6. The maximum absolute atomic E-state index is 12.7. The Morgan fingerprint density at radius 1 is 1.21 bits per heavy atom. The van der Waals surface area contributed by atoms with Crippen LogP contribution in [0.2, 0.25) is 0 Å². The van der Waals surface area contributed by atoms with E-state index in [1.165, 1.54) is 19.2 Å². The fourth-order valence-electron chi connectivity index (χ4n) is 4.05. The number of hydrogen-bond acceptors (Lipinski definition) is 8. The Labute approximate surface area is 189 Å². The Morgan fingerprint density at radius 2 is 1.97 bits per heavy atom. The molecule has 0 radical (unpaired) electrons. The van der Waals surface area contributed by atoms with Crippen LogP contribution in [0, 0.1) is 21.4 Å². The predicted molar refractivity (Wildman–Crippen MR) is 117 cm³/mol. The first-order chi connectivity index (χ1) is 15.9. The third kappa shape index (κ3) is 4.23. The second-order valence-corrected chi connectivity index (χ2v) is 7.66. The zero-order valence-electron chi connectivity index (χ0n) is 17.9. The second-order valence-electron chi connectivity index (χ2n) is 7.66. The molecule has 0 saturated carbocycles. The van der Waals surface area contributed by atoms with E-state index < -0.39 is 10.8 Å². The molecule has 9 heteroatoms. The molecule has 1 aliphatic carbocycles. The molecule has 0 aromatic heterocycles. The maximum atomic E-state index is 12.7. The van der Waals surface area contributed by atoms with Crippen LogP contribution in [-0.2, 0) is 16.1 Å². The van der Waals surface area contributed by atoms with Crippen molar-refractivity contribution in [2.45, 2.75) is 31.8 Å². The average molecular weight is 447 g/mol. The second kappa shape index (κ2) is 9.04. The summed E-state index contributed by atoms with van der Waals surface area (Å²) in [7, 11) is 1.49. The van der Waals surface area contributed by atoms with Crippen molar-refractivity contribution in [1.82, 2.24) is 0 Å². The summed E-state index contributed by atoms with van der Waals surface area (Å²) in [5.74, 6) is 0.704. The number of nitro groups is 1. The smallest absolute Gasteiger partial charge is 0.269 e. The molecule has 2 aromatic rings. The predicted octanol–water partition coefficient (Wildman–Crippen LogP) is 4.00. The zero-order valence-corrected chi connectivity index (χ0v) is 17.9. The van der Waals surface area contributed by atoms with Crippen molar-refractivity contribution in [2.75, 3.05) is 7.11 Å². The summed E-state index contributed by atoms with van der Waals surface area (Å²) < 4.78 is 17.0. The third-order valence-corrected chi connectivity index (χ3v) is 5.67. The van der Waals surface area contributed by atoms with Gasteiger partial charge in [-0.2, -0.15) is 5.26 Å². The molecule has 0 bridgehead atoms. The number of nitrogens with two attached hydrogens (primary N) is 1. The van der Waals surface area contributed by atoms with Gasteiger partial charge in [-0.1, -0.05) is 6.07 Å². The quantitative estimate of drug-likeness (QED) is 0.518. The van der Waals surface area contributed by atoms with E-state index in [2.05, 4.69) is 6.07 Å². The highest BCUT2D eigenvalue weighted by Gasteiger charge is 2.38. The van der Waals surface area contributed by atoms with Gasteiger partial charge in [-0.05, 0) is 41.8 Å². The van der Waals surface area contributed by atoms with Crippen molar-refractivity contribution in [3.63, 3.8) is 0 Å². The fourth-order valence-corrected chi connectivity index (χ4v) is 4.05. The minimum Gasteiger partial charge on any atom is -0.493 e. The summed E-state index contributed by atoms with van der Waals surface area (Å²) in [5.41, 5.74) is 8.08. The monoisotopic (exact) mass is 447 g/mol. The van der Waals surface area contributed by atoms with E-state index in [1.54, 1.807) is 30.3 Å². The number of ketones is 1. The number of carbonyl (C=O) groups excluding carboxylic acids is 1. The molecular weight excluding hydrogens is 426 g/mol. The lowest BCUT2D eigenvalue weighted by Gasteiger charge is -2.31. The van der Waals surface area contributed by atoms with Crippen molar-refractivity contribution < 1.29 is 23.9 Å². The van der Waals surface area contributed by atoms with Gasteiger partial charge in [-0.25, -0.2) is 0 Å². The van der Waals surface area contributed by atoms with Crippen LogP contribution in [0.3, 0.4) is 0 Å². The molecule has 4 rings (SSSR count). The summed E-state index contributed by atoms with van der Waals surface area (Å²) in [6.07, 6.45) is 1.66. The first kappa shape index (κ1) is 21.9. The van der Waals surface area contributed by atoms with Gasteiger partial charge in [0.15, 0.2) is 17.3 Å². The van der Waals surface area contributed by atoms with Gasteiger partial charge in [0.2, 0.25) is 5.88 Å². The number of nitriles is 1. The number of allylic oxidation sites excluding steroid dienone is 3. The molecule has 0 saturated heterocycles. The van der Waals surface area contributed by atoms with Crippen LogP contribution >= 0.6 is 0 Å². The van der Waals surface area contributed by atoms with Gasteiger partial charge in [-0.3, -0.25) is 14.9 Å². The molecule has 33 heavy (non-hydrogen) atoms. The Balaban J connectivity index is 1.63. The first-order valence-electron chi connectivity index (χ1n) is 10.3. The molecule has 2 N–H and O–H groups in total. The number of ether oxygens (including phenoxy) is 3. The molecule has 1 atom stereocenters.